The molecule has 0 fully saturated rings. The Morgan fingerprint density at radius 2 is 2.11 bits per heavy atom. The topological polar surface area (TPSA) is 29.5 Å². The summed E-state index contributed by atoms with van der Waals surface area (Å²) in [6.45, 7) is 0.692. The highest BCUT2D eigenvalue weighted by atomic mass is 127. The van der Waals surface area contributed by atoms with Gasteiger partial charge >= 0.3 is 0 Å². The van der Waals surface area contributed by atoms with Gasteiger partial charge in [-0.25, -0.2) is 0 Å². The second-order valence-electron chi connectivity index (χ2n) is 4.54. The van der Waals surface area contributed by atoms with Gasteiger partial charge in [-0.05, 0) is 58.0 Å². The predicted octanol–water partition coefficient (Wildman–Crippen LogP) is 4.07. The summed E-state index contributed by atoms with van der Waals surface area (Å²) in [6, 6.07) is 11.9. The molecule has 2 aromatic rings. The van der Waals surface area contributed by atoms with Crippen molar-refractivity contribution in [3.8, 4) is 5.75 Å². The number of hydrogen-bond acceptors (Lipinski definition) is 2. The van der Waals surface area contributed by atoms with Crippen LogP contribution in [0.2, 0.25) is 0 Å². The van der Waals surface area contributed by atoms with Crippen molar-refractivity contribution < 1.29 is 9.84 Å². The third-order valence-corrected chi connectivity index (χ3v) is 4.36. The SMILES string of the molecule is OC(c1cccc(I)c1)c1cc(Br)cc2c1OCC2. The zero-order valence-corrected chi connectivity index (χ0v) is 13.8. The first-order valence-electron chi connectivity index (χ1n) is 6.04. The lowest BCUT2D eigenvalue weighted by Crippen LogP contribution is -2.02. The number of benzene rings is 2. The van der Waals surface area contributed by atoms with Gasteiger partial charge in [-0.2, -0.15) is 0 Å². The van der Waals surface area contributed by atoms with Crippen molar-refractivity contribution in [3.63, 3.8) is 0 Å². The molecule has 19 heavy (non-hydrogen) atoms. The lowest BCUT2D eigenvalue weighted by molar-refractivity contribution is 0.213. The molecular weight excluding hydrogens is 419 g/mol. The molecule has 0 radical (unpaired) electrons. The quantitative estimate of drug-likeness (QED) is 0.727. The average Bonchev–Trinajstić information content (AvgIpc) is 2.85. The number of halogens is 2. The van der Waals surface area contributed by atoms with Crippen LogP contribution in [0.1, 0.15) is 22.8 Å². The summed E-state index contributed by atoms with van der Waals surface area (Å²) in [5.41, 5.74) is 2.89. The zero-order valence-electron chi connectivity index (χ0n) is 10.1. The molecule has 0 saturated heterocycles. The summed E-state index contributed by atoms with van der Waals surface area (Å²) < 4.78 is 7.77. The molecule has 3 rings (SSSR count). The maximum absolute atomic E-state index is 10.6. The maximum Gasteiger partial charge on any atom is 0.128 e. The van der Waals surface area contributed by atoms with Crippen LogP contribution in [0.25, 0.3) is 0 Å². The first kappa shape index (κ1) is 13.4. The normalized spacial score (nSPS) is 14.9. The van der Waals surface area contributed by atoms with E-state index in [2.05, 4.69) is 44.6 Å². The molecule has 0 aliphatic carbocycles. The fourth-order valence-corrected chi connectivity index (χ4v) is 3.45. The lowest BCUT2D eigenvalue weighted by atomic mass is 9.98. The number of aliphatic hydroxyl groups excluding tert-OH is 1. The highest BCUT2D eigenvalue weighted by molar-refractivity contribution is 14.1. The van der Waals surface area contributed by atoms with E-state index in [1.54, 1.807) is 0 Å². The van der Waals surface area contributed by atoms with Crippen molar-refractivity contribution in [1.29, 1.82) is 0 Å². The predicted molar refractivity (Wildman–Crippen MR) is 86.6 cm³/mol. The summed E-state index contributed by atoms with van der Waals surface area (Å²) in [5, 5.41) is 10.6. The Morgan fingerprint density at radius 1 is 1.26 bits per heavy atom. The smallest absolute Gasteiger partial charge is 0.128 e. The zero-order chi connectivity index (χ0) is 13.4. The van der Waals surface area contributed by atoms with Gasteiger partial charge in [-0.3, -0.25) is 0 Å². The summed E-state index contributed by atoms with van der Waals surface area (Å²) >= 11 is 5.75. The highest BCUT2D eigenvalue weighted by Crippen LogP contribution is 2.38. The third-order valence-electron chi connectivity index (χ3n) is 3.24. The molecule has 2 aromatic carbocycles. The summed E-state index contributed by atoms with van der Waals surface area (Å²) in [6.07, 6.45) is 0.250. The summed E-state index contributed by atoms with van der Waals surface area (Å²) in [7, 11) is 0. The average molecular weight is 431 g/mol. The van der Waals surface area contributed by atoms with E-state index in [0.29, 0.717) is 6.61 Å². The van der Waals surface area contributed by atoms with Gasteiger partial charge in [0.15, 0.2) is 0 Å². The fourth-order valence-electron chi connectivity index (χ4n) is 2.36. The second-order valence-corrected chi connectivity index (χ2v) is 6.70. The molecule has 98 valence electrons. The van der Waals surface area contributed by atoms with Gasteiger partial charge in [0, 0.05) is 20.0 Å². The van der Waals surface area contributed by atoms with E-state index in [4.69, 9.17) is 4.74 Å². The van der Waals surface area contributed by atoms with Crippen LogP contribution in [0.4, 0.5) is 0 Å². The largest absolute Gasteiger partial charge is 0.493 e. The molecule has 0 spiro atoms. The molecule has 0 amide bonds. The molecule has 1 unspecified atom stereocenters. The Hall–Kier alpha value is -0.590. The number of aliphatic hydroxyl groups is 1. The molecule has 4 heteroatoms. The first-order chi connectivity index (χ1) is 9.15. The molecule has 1 aliphatic rings. The van der Waals surface area contributed by atoms with Crippen molar-refractivity contribution in [3.05, 3.63) is 61.1 Å². The molecule has 0 aromatic heterocycles. The minimum Gasteiger partial charge on any atom is -0.493 e. The van der Waals surface area contributed by atoms with Gasteiger partial charge in [-0.1, -0.05) is 28.1 Å². The molecule has 0 bridgehead atoms. The summed E-state index contributed by atoms with van der Waals surface area (Å²) in [4.78, 5) is 0. The van der Waals surface area contributed by atoms with E-state index < -0.39 is 6.10 Å². The minimum absolute atomic E-state index is 0.654. The molecule has 2 nitrogen and oxygen atoms in total. The Kier molecular flexibility index (Phi) is 3.82. The van der Waals surface area contributed by atoms with Gasteiger partial charge < -0.3 is 9.84 Å². The van der Waals surface area contributed by atoms with Crippen LogP contribution in [0.5, 0.6) is 5.75 Å². The lowest BCUT2D eigenvalue weighted by Gasteiger charge is -2.16. The van der Waals surface area contributed by atoms with Gasteiger partial charge in [0.1, 0.15) is 11.9 Å². The second kappa shape index (κ2) is 5.42. The van der Waals surface area contributed by atoms with Gasteiger partial charge in [-0.15, -0.1) is 0 Å². The van der Waals surface area contributed by atoms with Crippen molar-refractivity contribution >= 4 is 38.5 Å². The Labute approximate surface area is 134 Å². The standard InChI is InChI=1S/C15H12BrIO2/c16-11-6-10-4-5-19-15(10)13(8-11)14(18)9-2-1-3-12(17)7-9/h1-3,6-8,14,18H,4-5H2. The number of hydrogen-bond donors (Lipinski definition) is 1. The van der Waals surface area contributed by atoms with Crippen LogP contribution in [0.3, 0.4) is 0 Å². The molecular formula is C15H12BrIO2. The van der Waals surface area contributed by atoms with Crippen LogP contribution < -0.4 is 4.74 Å². The Morgan fingerprint density at radius 3 is 2.89 bits per heavy atom. The van der Waals surface area contributed by atoms with Crippen LogP contribution in [-0.2, 0) is 6.42 Å². The van der Waals surface area contributed by atoms with Crippen molar-refractivity contribution in [2.75, 3.05) is 6.61 Å². The Balaban J connectivity index is 2.07. The number of rotatable bonds is 2. The molecule has 1 N–H and O–H groups in total. The number of ether oxygens (including phenoxy) is 1. The van der Waals surface area contributed by atoms with Crippen molar-refractivity contribution in [2.45, 2.75) is 12.5 Å². The van der Waals surface area contributed by atoms with E-state index in [9.17, 15) is 5.11 Å². The van der Waals surface area contributed by atoms with E-state index in [1.165, 1.54) is 0 Å². The molecule has 1 aliphatic heterocycles. The fraction of sp³-hybridized carbons (Fsp3) is 0.200. The van der Waals surface area contributed by atoms with Crippen LogP contribution in [-0.4, -0.2) is 11.7 Å². The van der Waals surface area contributed by atoms with Crippen LogP contribution in [0.15, 0.2) is 40.9 Å². The number of fused-ring (bicyclic) bond motifs is 1. The maximum atomic E-state index is 10.6. The van der Waals surface area contributed by atoms with Gasteiger partial charge in [0.25, 0.3) is 0 Å². The van der Waals surface area contributed by atoms with Gasteiger partial charge in [0.2, 0.25) is 0 Å². The van der Waals surface area contributed by atoms with E-state index in [1.807, 2.05) is 30.3 Å². The highest BCUT2D eigenvalue weighted by Gasteiger charge is 2.23. The summed E-state index contributed by atoms with van der Waals surface area (Å²) in [5.74, 6) is 0.842. The Bertz CT molecular complexity index is 628. The van der Waals surface area contributed by atoms with E-state index in [-0.39, 0.29) is 0 Å². The van der Waals surface area contributed by atoms with Crippen LogP contribution >= 0.6 is 38.5 Å². The minimum atomic E-state index is -0.654. The van der Waals surface area contributed by atoms with Crippen molar-refractivity contribution in [1.82, 2.24) is 0 Å². The molecule has 1 atom stereocenters. The third kappa shape index (κ3) is 2.66. The first-order valence-corrected chi connectivity index (χ1v) is 7.91. The van der Waals surface area contributed by atoms with Crippen molar-refractivity contribution in [2.24, 2.45) is 0 Å². The van der Waals surface area contributed by atoms with Gasteiger partial charge in [0.05, 0.1) is 6.61 Å². The van der Waals surface area contributed by atoms with E-state index >= 15 is 0 Å². The molecule has 0 saturated carbocycles. The monoisotopic (exact) mass is 430 g/mol. The van der Waals surface area contributed by atoms with Crippen LogP contribution in [0, 0.1) is 3.57 Å². The molecule has 1 heterocycles. The van der Waals surface area contributed by atoms with E-state index in [0.717, 1.165) is 36.9 Å².